The molecule has 0 aromatic heterocycles. The summed E-state index contributed by atoms with van der Waals surface area (Å²) in [6.45, 7) is 7.83. The Morgan fingerprint density at radius 1 is 0.839 bits per heavy atom. The van der Waals surface area contributed by atoms with Gasteiger partial charge in [-0.3, -0.25) is 0 Å². The van der Waals surface area contributed by atoms with E-state index in [0.717, 1.165) is 30.9 Å². The van der Waals surface area contributed by atoms with Crippen molar-refractivity contribution in [1.82, 2.24) is 4.90 Å². The van der Waals surface area contributed by atoms with E-state index in [4.69, 9.17) is 21.1 Å². The van der Waals surface area contributed by atoms with Crippen molar-refractivity contribution in [3.63, 3.8) is 0 Å². The summed E-state index contributed by atoms with van der Waals surface area (Å²) < 4.78 is 12.0. The average Bonchev–Trinajstić information content (AvgIpc) is 2.79. The fraction of sp³-hybridized carbons (Fsp3) is 0.308. The second kappa shape index (κ2) is 11.2. The minimum atomic E-state index is -1.53. The van der Waals surface area contributed by atoms with Gasteiger partial charge in [-0.2, -0.15) is 0 Å². The van der Waals surface area contributed by atoms with Crippen molar-refractivity contribution < 1.29 is 14.6 Å². The molecule has 0 fully saturated rings. The maximum absolute atomic E-state index is 11.5. The summed E-state index contributed by atoms with van der Waals surface area (Å²) in [4.78, 5) is 2.31. The summed E-state index contributed by atoms with van der Waals surface area (Å²) in [5, 5.41) is 12.1. The van der Waals surface area contributed by atoms with Crippen LogP contribution in [0.15, 0.2) is 78.9 Å². The van der Waals surface area contributed by atoms with Gasteiger partial charge in [0.15, 0.2) is 0 Å². The van der Waals surface area contributed by atoms with Crippen LogP contribution in [0.3, 0.4) is 0 Å². The average molecular weight is 440 g/mol. The van der Waals surface area contributed by atoms with Crippen LogP contribution in [0.25, 0.3) is 0 Å². The number of likely N-dealkylation sites (N-methyl/N-ethyl adjacent to an activating group) is 1. The van der Waals surface area contributed by atoms with Crippen LogP contribution in [0.2, 0.25) is 5.02 Å². The molecule has 1 atom stereocenters. The standard InChI is InChI=1S/C26H30ClNO3/c1-3-28(4-2)18-19-30-24-14-16-25(17-15-24)31-26(29,20-21-8-6-5-7-9-21)22-10-12-23(27)13-11-22/h5-17,29H,3-4,18-20H2,1-2H3. The maximum atomic E-state index is 11.5. The highest BCUT2D eigenvalue weighted by atomic mass is 35.5. The fourth-order valence-corrected chi connectivity index (χ4v) is 3.54. The second-order valence-electron chi connectivity index (χ2n) is 7.40. The molecule has 1 N–H and O–H groups in total. The van der Waals surface area contributed by atoms with Crippen LogP contribution < -0.4 is 9.47 Å². The Morgan fingerprint density at radius 3 is 2.06 bits per heavy atom. The molecule has 0 spiro atoms. The van der Waals surface area contributed by atoms with Gasteiger partial charge < -0.3 is 19.5 Å². The van der Waals surface area contributed by atoms with Crippen LogP contribution in [-0.4, -0.2) is 36.2 Å². The quantitative estimate of drug-likeness (QED) is 0.399. The maximum Gasteiger partial charge on any atom is 0.238 e. The minimum Gasteiger partial charge on any atom is -0.492 e. The molecule has 0 saturated heterocycles. The first kappa shape index (κ1) is 23.1. The number of hydrogen-bond acceptors (Lipinski definition) is 4. The summed E-state index contributed by atoms with van der Waals surface area (Å²) in [5.41, 5.74) is 1.61. The zero-order valence-corrected chi connectivity index (χ0v) is 18.9. The highest BCUT2D eigenvalue weighted by molar-refractivity contribution is 6.30. The number of aliphatic hydroxyl groups is 1. The van der Waals surface area contributed by atoms with Gasteiger partial charge >= 0.3 is 0 Å². The third kappa shape index (κ3) is 6.73. The van der Waals surface area contributed by atoms with Crippen LogP contribution in [0, 0.1) is 0 Å². The molecule has 4 nitrogen and oxygen atoms in total. The first-order valence-corrected chi connectivity index (χ1v) is 11.1. The Bertz CT molecular complexity index is 912. The Morgan fingerprint density at radius 2 is 1.45 bits per heavy atom. The van der Waals surface area contributed by atoms with Crippen LogP contribution in [0.1, 0.15) is 25.0 Å². The smallest absolute Gasteiger partial charge is 0.238 e. The van der Waals surface area contributed by atoms with E-state index < -0.39 is 5.79 Å². The van der Waals surface area contributed by atoms with E-state index in [1.165, 1.54) is 0 Å². The summed E-state index contributed by atoms with van der Waals surface area (Å²) in [5.74, 6) is -0.195. The van der Waals surface area contributed by atoms with E-state index in [-0.39, 0.29) is 0 Å². The highest BCUT2D eigenvalue weighted by Crippen LogP contribution is 2.31. The van der Waals surface area contributed by atoms with Gasteiger partial charge in [-0.1, -0.05) is 67.9 Å². The molecule has 0 radical (unpaired) electrons. The zero-order chi connectivity index (χ0) is 22.1. The lowest BCUT2D eigenvalue weighted by Gasteiger charge is -2.30. The van der Waals surface area contributed by atoms with Crippen molar-refractivity contribution in [2.45, 2.75) is 26.1 Å². The lowest BCUT2D eigenvalue weighted by Crippen LogP contribution is -2.35. The van der Waals surface area contributed by atoms with E-state index in [1.54, 1.807) is 24.3 Å². The summed E-state index contributed by atoms with van der Waals surface area (Å²) >= 11 is 6.04. The van der Waals surface area contributed by atoms with Gasteiger partial charge in [-0.25, -0.2) is 0 Å². The van der Waals surface area contributed by atoms with Gasteiger partial charge in [-0.15, -0.1) is 0 Å². The van der Waals surface area contributed by atoms with Crippen molar-refractivity contribution in [2.24, 2.45) is 0 Å². The number of halogens is 1. The third-order valence-electron chi connectivity index (χ3n) is 5.26. The summed E-state index contributed by atoms with van der Waals surface area (Å²) in [7, 11) is 0. The highest BCUT2D eigenvalue weighted by Gasteiger charge is 2.32. The molecule has 3 aromatic rings. The molecule has 1 unspecified atom stereocenters. The van der Waals surface area contributed by atoms with Gasteiger partial charge in [0.2, 0.25) is 5.79 Å². The molecule has 31 heavy (non-hydrogen) atoms. The molecular formula is C26H30ClNO3. The van der Waals surface area contributed by atoms with Crippen molar-refractivity contribution in [1.29, 1.82) is 0 Å². The van der Waals surface area contributed by atoms with Gasteiger partial charge in [-0.05, 0) is 55.1 Å². The molecule has 0 saturated carbocycles. The number of benzene rings is 3. The van der Waals surface area contributed by atoms with E-state index in [2.05, 4.69) is 18.7 Å². The Kier molecular flexibility index (Phi) is 8.35. The van der Waals surface area contributed by atoms with Gasteiger partial charge in [0.25, 0.3) is 0 Å². The number of rotatable bonds is 11. The SMILES string of the molecule is CCN(CC)CCOc1ccc(OC(O)(Cc2ccccc2)c2ccc(Cl)cc2)cc1. The molecule has 0 aliphatic carbocycles. The second-order valence-corrected chi connectivity index (χ2v) is 7.84. The Hall–Kier alpha value is -2.53. The molecule has 5 heteroatoms. The predicted molar refractivity (Wildman–Crippen MR) is 126 cm³/mol. The Labute approximate surface area is 190 Å². The number of ether oxygens (including phenoxy) is 2. The summed E-state index contributed by atoms with van der Waals surface area (Å²) in [6, 6.07) is 24.2. The third-order valence-corrected chi connectivity index (χ3v) is 5.51. The topological polar surface area (TPSA) is 41.9 Å². The molecule has 0 bridgehead atoms. The zero-order valence-electron chi connectivity index (χ0n) is 18.1. The first-order valence-electron chi connectivity index (χ1n) is 10.7. The molecular weight excluding hydrogens is 410 g/mol. The molecule has 0 amide bonds. The molecule has 0 aliphatic heterocycles. The van der Waals surface area contributed by atoms with Gasteiger partial charge in [0.05, 0.1) is 0 Å². The van der Waals surface area contributed by atoms with Crippen molar-refractivity contribution in [3.05, 3.63) is 95.0 Å². The van der Waals surface area contributed by atoms with E-state index in [9.17, 15) is 5.11 Å². The number of nitrogens with zero attached hydrogens (tertiary/aromatic N) is 1. The number of hydrogen-bond donors (Lipinski definition) is 1. The van der Waals surface area contributed by atoms with E-state index in [0.29, 0.717) is 29.4 Å². The monoisotopic (exact) mass is 439 g/mol. The van der Waals surface area contributed by atoms with Gasteiger partial charge in [0.1, 0.15) is 18.1 Å². The fourth-order valence-electron chi connectivity index (χ4n) is 3.41. The van der Waals surface area contributed by atoms with Crippen molar-refractivity contribution >= 4 is 11.6 Å². The van der Waals surface area contributed by atoms with E-state index >= 15 is 0 Å². The summed E-state index contributed by atoms with van der Waals surface area (Å²) in [6.07, 6.45) is 0.303. The molecule has 164 valence electrons. The van der Waals surface area contributed by atoms with Crippen molar-refractivity contribution in [3.8, 4) is 11.5 Å². The van der Waals surface area contributed by atoms with E-state index in [1.807, 2.05) is 54.6 Å². The molecule has 0 aliphatic rings. The largest absolute Gasteiger partial charge is 0.492 e. The molecule has 3 rings (SSSR count). The van der Waals surface area contributed by atoms with Crippen LogP contribution in [0.5, 0.6) is 11.5 Å². The lowest BCUT2D eigenvalue weighted by molar-refractivity contribution is -0.144. The normalized spacial score (nSPS) is 13.1. The van der Waals surface area contributed by atoms with Crippen LogP contribution in [-0.2, 0) is 12.2 Å². The predicted octanol–water partition coefficient (Wildman–Crippen LogP) is 5.53. The Balaban J connectivity index is 1.72. The van der Waals surface area contributed by atoms with Crippen molar-refractivity contribution in [2.75, 3.05) is 26.2 Å². The molecule has 0 heterocycles. The van der Waals surface area contributed by atoms with Gasteiger partial charge in [0, 0.05) is 23.6 Å². The minimum absolute atomic E-state index is 0.303. The van der Waals surface area contributed by atoms with Crippen LogP contribution in [0.4, 0.5) is 0 Å². The first-order chi connectivity index (χ1) is 15.0. The lowest BCUT2D eigenvalue weighted by atomic mass is 9.97. The van der Waals surface area contributed by atoms with Crippen LogP contribution >= 0.6 is 11.6 Å². The molecule has 3 aromatic carbocycles.